The van der Waals surface area contributed by atoms with Gasteiger partial charge in [0.2, 0.25) is 0 Å². The summed E-state index contributed by atoms with van der Waals surface area (Å²) in [4.78, 5) is 4.11. The fourth-order valence-electron chi connectivity index (χ4n) is 1.31. The molecule has 0 N–H and O–H groups in total. The molecule has 60 valence electrons. The smallest absolute Gasteiger partial charge is 0.117 e. The van der Waals surface area contributed by atoms with Crippen LogP contribution in [0.4, 0.5) is 0 Å². The summed E-state index contributed by atoms with van der Waals surface area (Å²) in [6, 6.07) is 3.80. The lowest BCUT2D eigenvalue weighted by Gasteiger charge is -1.96. The van der Waals surface area contributed by atoms with E-state index in [0.29, 0.717) is 11.2 Å². The van der Waals surface area contributed by atoms with E-state index in [1.165, 1.54) is 0 Å². The minimum absolute atomic E-state index is 0.473. The van der Waals surface area contributed by atoms with Crippen molar-refractivity contribution >= 4 is 18.8 Å². The zero-order valence-electron chi connectivity index (χ0n) is 7.15. The van der Waals surface area contributed by atoms with Gasteiger partial charge in [0.15, 0.2) is 0 Å². The van der Waals surface area contributed by atoms with Gasteiger partial charge >= 0.3 is 0 Å². The molecule has 0 saturated carbocycles. The molecule has 13 heavy (non-hydrogen) atoms. The molecule has 0 aliphatic carbocycles. The van der Waals surface area contributed by atoms with E-state index >= 15 is 0 Å². The van der Waals surface area contributed by atoms with Crippen LogP contribution >= 0.6 is 0 Å². The van der Waals surface area contributed by atoms with Crippen molar-refractivity contribution in [1.82, 2.24) is 9.38 Å². The molecule has 0 bridgehead atoms. The lowest BCUT2D eigenvalue weighted by atomic mass is 9.97. The molecule has 3 nitrogen and oxygen atoms in total. The first-order chi connectivity index (χ1) is 6.22. The highest BCUT2D eigenvalue weighted by Crippen LogP contribution is 2.06. The Bertz CT molecular complexity index is 507. The van der Waals surface area contributed by atoms with Gasteiger partial charge in [-0.3, -0.25) is 4.98 Å². The molecule has 2 aromatic rings. The van der Waals surface area contributed by atoms with Crippen LogP contribution in [-0.4, -0.2) is 17.2 Å². The van der Waals surface area contributed by atoms with Crippen LogP contribution in [0.2, 0.25) is 0 Å². The Morgan fingerprint density at radius 2 is 2.38 bits per heavy atom. The monoisotopic (exact) mass is 167 g/mol. The van der Waals surface area contributed by atoms with E-state index in [1.54, 1.807) is 22.9 Å². The molecule has 0 spiro atoms. The maximum atomic E-state index is 8.82. The number of rotatable bonds is 0. The van der Waals surface area contributed by atoms with Crippen LogP contribution in [0.15, 0.2) is 18.5 Å². The quantitative estimate of drug-likeness (QED) is 0.529. The molecule has 2 rings (SSSR count). The first-order valence-electron chi connectivity index (χ1n) is 3.85. The molecular formula is C9H6BN3. The highest BCUT2D eigenvalue weighted by Gasteiger charge is 2.04. The van der Waals surface area contributed by atoms with Crippen molar-refractivity contribution in [3.8, 4) is 6.07 Å². The van der Waals surface area contributed by atoms with Gasteiger partial charge in [-0.1, -0.05) is 5.46 Å². The minimum Gasteiger partial charge on any atom is -0.305 e. The van der Waals surface area contributed by atoms with E-state index in [0.717, 1.165) is 11.2 Å². The number of fused-ring (bicyclic) bond motifs is 1. The predicted molar refractivity (Wildman–Crippen MR) is 50.0 cm³/mol. The van der Waals surface area contributed by atoms with Gasteiger partial charge in [-0.25, -0.2) is 0 Å². The van der Waals surface area contributed by atoms with Crippen LogP contribution in [0, 0.1) is 18.3 Å². The van der Waals surface area contributed by atoms with Crippen LogP contribution in [0.25, 0.3) is 5.52 Å². The van der Waals surface area contributed by atoms with Crippen LogP contribution in [0.3, 0.4) is 0 Å². The van der Waals surface area contributed by atoms with Gasteiger partial charge in [0.05, 0.1) is 17.4 Å². The first kappa shape index (κ1) is 7.87. The maximum absolute atomic E-state index is 8.82. The molecule has 0 unspecified atom stereocenters. The van der Waals surface area contributed by atoms with Crippen molar-refractivity contribution < 1.29 is 0 Å². The molecule has 0 amide bonds. The number of aromatic nitrogens is 2. The Labute approximate surface area is 77.0 Å². The summed E-state index contributed by atoms with van der Waals surface area (Å²) in [7, 11) is 5.64. The zero-order chi connectivity index (χ0) is 9.42. The lowest BCUT2D eigenvalue weighted by molar-refractivity contribution is 1.07. The topological polar surface area (TPSA) is 41.1 Å². The average molecular weight is 167 g/mol. The van der Waals surface area contributed by atoms with E-state index in [4.69, 9.17) is 13.1 Å². The van der Waals surface area contributed by atoms with Crippen molar-refractivity contribution in [2.75, 3.05) is 0 Å². The largest absolute Gasteiger partial charge is 0.305 e. The normalized spacial score (nSPS) is 10.2. The van der Waals surface area contributed by atoms with Crippen molar-refractivity contribution in [3.05, 3.63) is 29.8 Å². The van der Waals surface area contributed by atoms with E-state index in [1.807, 2.05) is 6.92 Å². The second kappa shape index (κ2) is 2.63. The second-order valence-corrected chi connectivity index (χ2v) is 2.88. The average Bonchev–Trinajstić information content (AvgIpc) is 2.40. The highest BCUT2D eigenvalue weighted by molar-refractivity contribution is 6.34. The number of nitriles is 1. The van der Waals surface area contributed by atoms with Gasteiger partial charge in [0.1, 0.15) is 19.6 Å². The number of hydrogen-bond acceptors (Lipinski definition) is 2. The third kappa shape index (κ3) is 1.09. The second-order valence-electron chi connectivity index (χ2n) is 2.88. The van der Waals surface area contributed by atoms with Crippen molar-refractivity contribution in [1.29, 1.82) is 5.26 Å². The standard InChI is InChI=1S/C9H6BN3/c1-6-5-13-7(4-12-6)2-8(10)9(13)3-11/h2,4-5H,1H3. The molecule has 4 heteroatoms. The Balaban J connectivity index is 2.91. The summed E-state index contributed by atoms with van der Waals surface area (Å²) in [5, 5.41) is 8.82. The van der Waals surface area contributed by atoms with Crippen molar-refractivity contribution in [3.63, 3.8) is 0 Å². The summed E-state index contributed by atoms with van der Waals surface area (Å²) in [5.41, 5.74) is 2.68. The number of hydrogen-bond donors (Lipinski definition) is 0. The van der Waals surface area contributed by atoms with Gasteiger partial charge in [-0.05, 0) is 13.0 Å². The Morgan fingerprint density at radius 3 is 3.08 bits per heavy atom. The van der Waals surface area contributed by atoms with E-state index in [9.17, 15) is 0 Å². The molecule has 0 aliphatic heterocycles. The highest BCUT2D eigenvalue weighted by atomic mass is 14.9. The maximum Gasteiger partial charge on any atom is 0.117 e. The third-order valence-electron chi connectivity index (χ3n) is 1.92. The molecule has 2 radical (unpaired) electrons. The number of nitrogens with zero attached hydrogens (tertiary/aromatic N) is 3. The number of aryl methyl sites for hydroxylation is 1. The summed E-state index contributed by atoms with van der Waals surface area (Å²) in [6.07, 6.45) is 3.50. The van der Waals surface area contributed by atoms with Gasteiger partial charge in [0, 0.05) is 6.20 Å². The SMILES string of the molecule is [B]c1cc2cnc(C)cn2c1C#N. The molecule has 0 atom stereocenters. The fraction of sp³-hybridized carbons (Fsp3) is 0.111. The Hall–Kier alpha value is -1.76. The van der Waals surface area contributed by atoms with Crippen LogP contribution < -0.4 is 5.46 Å². The summed E-state index contributed by atoms with van der Waals surface area (Å²) in [6.45, 7) is 1.87. The molecule has 2 aromatic heterocycles. The van der Waals surface area contributed by atoms with E-state index in [2.05, 4.69) is 11.1 Å². The van der Waals surface area contributed by atoms with Crippen LogP contribution in [0.1, 0.15) is 11.4 Å². The van der Waals surface area contributed by atoms with Crippen molar-refractivity contribution in [2.24, 2.45) is 0 Å². The third-order valence-corrected chi connectivity index (χ3v) is 1.92. The van der Waals surface area contributed by atoms with Gasteiger partial charge in [-0.2, -0.15) is 5.26 Å². The summed E-state index contributed by atoms with van der Waals surface area (Å²) < 4.78 is 1.75. The van der Waals surface area contributed by atoms with E-state index < -0.39 is 0 Å². The minimum atomic E-state index is 0.473. The molecular weight excluding hydrogens is 161 g/mol. The summed E-state index contributed by atoms with van der Waals surface area (Å²) >= 11 is 0. The van der Waals surface area contributed by atoms with Crippen LogP contribution in [-0.2, 0) is 0 Å². The molecule has 0 saturated heterocycles. The predicted octanol–water partition coefficient (Wildman–Crippen LogP) is 0.308. The van der Waals surface area contributed by atoms with Gasteiger partial charge in [-0.15, -0.1) is 0 Å². The molecule has 0 aliphatic rings. The fourth-order valence-corrected chi connectivity index (χ4v) is 1.31. The Kier molecular flexibility index (Phi) is 1.59. The van der Waals surface area contributed by atoms with E-state index in [-0.39, 0.29) is 0 Å². The van der Waals surface area contributed by atoms with Gasteiger partial charge in [0.25, 0.3) is 0 Å². The lowest BCUT2D eigenvalue weighted by Crippen LogP contribution is -2.04. The zero-order valence-corrected chi connectivity index (χ0v) is 7.15. The summed E-state index contributed by atoms with van der Waals surface area (Å²) in [5.74, 6) is 0. The molecule has 0 aromatic carbocycles. The Morgan fingerprint density at radius 1 is 1.62 bits per heavy atom. The molecule has 0 fully saturated rings. The van der Waals surface area contributed by atoms with Gasteiger partial charge < -0.3 is 4.40 Å². The van der Waals surface area contributed by atoms with Crippen molar-refractivity contribution in [2.45, 2.75) is 6.92 Å². The van der Waals surface area contributed by atoms with Crippen LogP contribution in [0.5, 0.6) is 0 Å². The first-order valence-corrected chi connectivity index (χ1v) is 3.85. The molecule has 2 heterocycles.